The minimum absolute atomic E-state index is 0. The molecule has 0 radical (unpaired) electrons. The Morgan fingerprint density at radius 2 is 1.85 bits per heavy atom. The molecule has 1 fully saturated rings. The number of hydrogen-bond acceptors (Lipinski definition) is 3. The van der Waals surface area contributed by atoms with Gasteiger partial charge in [-0.05, 0) is 12.0 Å². The summed E-state index contributed by atoms with van der Waals surface area (Å²) in [7, 11) is 0. The van der Waals surface area contributed by atoms with Crippen molar-refractivity contribution in [2.75, 3.05) is 26.3 Å². The maximum Gasteiger partial charge on any atom is 0.0945 e. The smallest absolute Gasteiger partial charge is 0.0945 e. The third-order valence-electron chi connectivity index (χ3n) is 3.87. The standard InChI is InChI=1S/C16H25NO2.ClH/c1-2-3-9-15(17-10-12-19-13-11-17)16(18)14-7-5-4-6-8-14;/h4-8,15-16,18H,2-3,9-13H2,1H3;1H. The van der Waals surface area contributed by atoms with E-state index in [2.05, 4.69) is 11.8 Å². The van der Waals surface area contributed by atoms with Gasteiger partial charge in [-0.2, -0.15) is 0 Å². The van der Waals surface area contributed by atoms with E-state index in [0.717, 1.165) is 44.7 Å². The first-order valence-electron chi connectivity index (χ1n) is 7.37. The van der Waals surface area contributed by atoms with Crippen LogP contribution in [0.2, 0.25) is 0 Å². The molecule has 1 heterocycles. The number of nitrogens with zero attached hydrogens (tertiary/aromatic N) is 1. The van der Waals surface area contributed by atoms with Crippen molar-refractivity contribution in [1.82, 2.24) is 4.90 Å². The number of unbranched alkanes of at least 4 members (excludes halogenated alkanes) is 1. The van der Waals surface area contributed by atoms with Crippen LogP contribution in [0.15, 0.2) is 30.3 Å². The Morgan fingerprint density at radius 1 is 1.20 bits per heavy atom. The van der Waals surface area contributed by atoms with Crippen LogP contribution in [0.4, 0.5) is 0 Å². The first kappa shape index (κ1) is 17.4. The molecule has 0 bridgehead atoms. The highest BCUT2D eigenvalue weighted by molar-refractivity contribution is 5.85. The van der Waals surface area contributed by atoms with E-state index in [0.29, 0.717) is 0 Å². The normalized spacial score (nSPS) is 19.1. The van der Waals surface area contributed by atoms with E-state index in [1.54, 1.807) is 0 Å². The van der Waals surface area contributed by atoms with E-state index in [1.165, 1.54) is 6.42 Å². The van der Waals surface area contributed by atoms with Crippen LogP contribution >= 0.6 is 12.4 Å². The quantitative estimate of drug-likeness (QED) is 0.876. The van der Waals surface area contributed by atoms with Crippen molar-refractivity contribution in [2.24, 2.45) is 0 Å². The Balaban J connectivity index is 0.00000200. The summed E-state index contributed by atoms with van der Waals surface area (Å²) in [6.07, 6.45) is 2.98. The van der Waals surface area contributed by atoms with Crippen LogP contribution < -0.4 is 0 Å². The van der Waals surface area contributed by atoms with Gasteiger partial charge in [-0.1, -0.05) is 50.1 Å². The Morgan fingerprint density at radius 3 is 2.45 bits per heavy atom. The highest BCUT2D eigenvalue weighted by Crippen LogP contribution is 2.25. The van der Waals surface area contributed by atoms with Crippen molar-refractivity contribution in [3.8, 4) is 0 Å². The second-order valence-corrected chi connectivity index (χ2v) is 5.21. The third kappa shape index (κ3) is 4.74. The van der Waals surface area contributed by atoms with E-state index in [-0.39, 0.29) is 18.4 Å². The first-order valence-corrected chi connectivity index (χ1v) is 7.37. The lowest BCUT2D eigenvalue weighted by atomic mass is 9.96. The average Bonchev–Trinajstić information content (AvgIpc) is 2.49. The van der Waals surface area contributed by atoms with E-state index in [4.69, 9.17) is 4.74 Å². The van der Waals surface area contributed by atoms with E-state index >= 15 is 0 Å². The highest BCUT2D eigenvalue weighted by Gasteiger charge is 2.27. The summed E-state index contributed by atoms with van der Waals surface area (Å²) in [5.74, 6) is 0. The van der Waals surface area contributed by atoms with Gasteiger partial charge < -0.3 is 9.84 Å². The van der Waals surface area contributed by atoms with Gasteiger partial charge in [0.05, 0.1) is 19.3 Å². The monoisotopic (exact) mass is 299 g/mol. The van der Waals surface area contributed by atoms with Gasteiger partial charge in [0.15, 0.2) is 0 Å². The van der Waals surface area contributed by atoms with E-state index in [1.807, 2.05) is 30.3 Å². The zero-order valence-electron chi connectivity index (χ0n) is 12.2. The molecule has 1 aliphatic rings. The van der Waals surface area contributed by atoms with Crippen LogP contribution in [0.5, 0.6) is 0 Å². The molecule has 0 aromatic heterocycles. The topological polar surface area (TPSA) is 32.7 Å². The molecule has 20 heavy (non-hydrogen) atoms. The number of halogens is 1. The summed E-state index contributed by atoms with van der Waals surface area (Å²) in [6.45, 7) is 5.62. The Labute approximate surface area is 128 Å². The summed E-state index contributed by atoms with van der Waals surface area (Å²) in [5, 5.41) is 10.7. The molecular formula is C16H26ClNO2. The fraction of sp³-hybridized carbons (Fsp3) is 0.625. The molecule has 114 valence electrons. The minimum atomic E-state index is -0.397. The van der Waals surface area contributed by atoms with E-state index < -0.39 is 6.10 Å². The zero-order chi connectivity index (χ0) is 13.5. The van der Waals surface area contributed by atoms with Gasteiger partial charge in [0.1, 0.15) is 0 Å². The minimum Gasteiger partial charge on any atom is -0.387 e. The number of benzene rings is 1. The third-order valence-corrected chi connectivity index (χ3v) is 3.87. The Kier molecular flexibility index (Phi) is 8.15. The predicted octanol–water partition coefficient (Wildman–Crippen LogP) is 3.03. The fourth-order valence-electron chi connectivity index (χ4n) is 2.73. The first-order chi connectivity index (χ1) is 9.33. The van der Waals surface area contributed by atoms with Gasteiger partial charge in [0.25, 0.3) is 0 Å². The van der Waals surface area contributed by atoms with Crippen LogP contribution in [0.25, 0.3) is 0 Å². The summed E-state index contributed by atoms with van der Waals surface area (Å²) >= 11 is 0. The second kappa shape index (κ2) is 9.35. The molecule has 1 saturated heterocycles. The summed E-state index contributed by atoms with van der Waals surface area (Å²) in [5.41, 5.74) is 1.02. The number of ether oxygens (including phenoxy) is 1. The lowest BCUT2D eigenvalue weighted by Crippen LogP contribution is -2.46. The van der Waals surface area contributed by atoms with E-state index in [9.17, 15) is 5.11 Å². The molecule has 0 amide bonds. The molecule has 2 unspecified atom stereocenters. The Hall–Kier alpha value is -0.610. The van der Waals surface area contributed by atoms with Gasteiger partial charge in [-0.25, -0.2) is 0 Å². The maximum absolute atomic E-state index is 10.7. The summed E-state index contributed by atoms with van der Waals surface area (Å²) in [4.78, 5) is 2.39. The van der Waals surface area contributed by atoms with Crippen LogP contribution in [0.1, 0.15) is 37.9 Å². The molecule has 1 aromatic carbocycles. The second-order valence-electron chi connectivity index (χ2n) is 5.21. The largest absolute Gasteiger partial charge is 0.387 e. The summed E-state index contributed by atoms with van der Waals surface area (Å²) in [6, 6.07) is 10.2. The Bertz CT molecular complexity index is 355. The molecule has 2 rings (SSSR count). The van der Waals surface area contributed by atoms with Crippen molar-refractivity contribution in [2.45, 2.75) is 38.3 Å². The van der Waals surface area contributed by atoms with Gasteiger partial charge in [-0.3, -0.25) is 4.90 Å². The number of morpholine rings is 1. The average molecular weight is 300 g/mol. The lowest BCUT2D eigenvalue weighted by molar-refractivity contribution is -0.0258. The predicted molar refractivity (Wildman–Crippen MR) is 84.4 cm³/mol. The molecule has 0 spiro atoms. The van der Waals surface area contributed by atoms with Crippen LogP contribution in [-0.4, -0.2) is 42.4 Å². The van der Waals surface area contributed by atoms with Gasteiger partial charge in [0.2, 0.25) is 0 Å². The van der Waals surface area contributed by atoms with Crippen molar-refractivity contribution in [3.63, 3.8) is 0 Å². The highest BCUT2D eigenvalue weighted by atomic mass is 35.5. The van der Waals surface area contributed by atoms with Crippen LogP contribution in [0, 0.1) is 0 Å². The number of rotatable bonds is 6. The van der Waals surface area contributed by atoms with Crippen molar-refractivity contribution in [1.29, 1.82) is 0 Å². The molecule has 0 saturated carbocycles. The molecular weight excluding hydrogens is 274 g/mol. The number of hydrogen-bond donors (Lipinski definition) is 1. The van der Waals surface area contributed by atoms with Crippen LogP contribution in [0.3, 0.4) is 0 Å². The van der Waals surface area contributed by atoms with Crippen molar-refractivity contribution in [3.05, 3.63) is 35.9 Å². The maximum atomic E-state index is 10.7. The number of aliphatic hydroxyl groups excluding tert-OH is 1. The van der Waals surface area contributed by atoms with Gasteiger partial charge in [0, 0.05) is 19.1 Å². The molecule has 1 N–H and O–H groups in total. The lowest BCUT2D eigenvalue weighted by Gasteiger charge is -2.37. The molecule has 2 atom stereocenters. The molecule has 1 aliphatic heterocycles. The summed E-state index contributed by atoms with van der Waals surface area (Å²) < 4.78 is 5.42. The molecule has 0 aliphatic carbocycles. The van der Waals surface area contributed by atoms with Crippen molar-refractivity contribution >= 4 is 12.4 Å². The molecule has 1 aromatic rings. The van der Waals surface area contributed by atoms with Gasteiger partial charge in [-0.15, -0.1) is 12.4 Å². The number of aliphatic hydroxyl groups is 1. The molecule has 4 heteroatoms. The van der Waals surface area contributed by atoms with Gasteiger partial charge >= 0.3 is 0 Å². The fourth-order valence-corrected chi connectivity index (χ4v) is 2.73. The zero-order valence-corrected chi connectivity index (χ0v) is 13.0. The molecule has 3 nitrogen and oxygen atoms in total. The van der Waals surface area contributed by atoms with Crippen LogP contribution in [-0.2, 0) is 4.74 Å². The SMILES string of the molecule is CCCCC(C(O)c1ccccc1)N1CCOCC1.Cl. The van der Waals surface area contributed by atoms with Crippen molar-refractivity contribution < 1.29 is 9.84 Å².